The average Bonchev–Trinajstić information content (AvgIpc) is 1.61. The molecule has 0 spiro atoms. The topological polar surface area (TPSA) is 0 Å². The maximum Gasteiger partial charge on any atom is 0 e. The van der Waals surface area contributed by atoms with Gasteiger partial charge in [0.25, 0.3) is 0 Å². The van der Waals surface area contributed by atoms with Gasteiger partial charge in [-0.1, -0.05) is 10.8 Å². The Hall–Kier alpha value is 1.98. The maximum absolute atomic E-state index is 3.57. The molecule has 0 saturated heterocycles. The second-order valence-electron chi connectivity index (χ2n) is 0.421. The Morgan fingerprint density at radius 3 is 2.00 bits per heavy atom. The summed E-state index contributed by atoms with van der Waals surface area (Å²) in [5.41, 5.74) is 0. The third-order valence-corrected chi connectivity index (χ3v) is 5.39. The van der Waals surface area contributed by atoms with Gasteiger partial charge in [0, 0.05) is 18.6 Å². The summed E-state index contributed by atoms with van der Waals surface area (Å²) in [5, 5.41) is 0. The van der Waals surface area contributed by atoms with Crippen LogP contribution in [-0.4, -0.2) is 6.26 Å². The van der Waals surface area contributed by atoms with E-state index in [2.05, 4.69) is 6.26 Å². The minimum atomic E-state index is 0. The summed E-state index contributed by atoms with van der Waals surface area (Å²) in [7, 11) is 6.72. The van der Waals surface area contributed by atoms with Crippen LogP contribution in [0.3, 0.4) is 0 Å². The predicted molar refractivity (Wildman–Crippen MR) is 41.6 cm³/mol. The van der Waals surface area contributed by atoms with Gasteiger partial charge >= 0.3 is 0 Å². The Morgan fingerprint density at radius 1 is 1.29 bits per heavy atom. The van der Waals surface area contributed by atoms with Crippen molar-refractivity contribution in [3.8, 4) is 0 Å². The van der Waals surface area contributed by atoms with Gasteiger partial charge in [0.2, 0.25) is 0 Å². The van der Waals surface area contributed by atoms with Crippen LogP contribution in [0.25, 0.3) is 0 Å². The molecule has 0 aromatic carbocycles. The summed E-state index contributed by atoms with van der Waals surface area (Å²) in [5.74, 6) is 0. The van der Waals surface area contributed by atoms with E-state index in [-0.39, 0.29) is 18.6 Å². The minimum Gasteiger partial charge on any atom is -0.277 e. The van der Waals surface area contributed by atoms with Crippen molar-refractivity contribution in [1.82, 2.24) is 0 Å². The molecule has 0 aliphatic heterocycles. The fraction of sp³-hybridized carbons (Fsp3) is 0.500. The van der Waals surface area contributed by atoms with Gasteiger partial charge in [0.1, 0.15) is 0 Å². The van der Waals surface area contributed by atoms with Crippen molar-refractivity contribution < 1.29 is 18.6 Å². The molecular weight excluding hydrogens is 203 g/mol. The molecule has 1 radical (unpaired) electrons. The first-order valence-electron chi connectivity index (χ1n) is 1.20. The van der Waals surface area contributed by atoms with Crippen LogP contribution < -0.4 is 0 Å². The van der Waals surface area contributed by atoms with Crippen LogP contribution in [0.2, 0.25) is 0 Å². The molecule has 0 rings (SSSR count). The Bertz CT molecular complexity index is 21.7. The quantitative estimate of drug-likeness (QED) is 0.397. The molecule has 0 saturated carbocycles. The number of hydrogen-bond acceptors (Lipinski definition) is 4. The number of rotatable bonds is 3. The normalized spacial score (nSPS) is 7.71. The largest absolute Gasteiger partial charge is 0.277 e. The molecule has 0 heterocycles. The van der Waals surface area contributed by atoms with Crippen LogP contribution in [0.15, 0.2) is 0 Å². The monoisotopic (exact) mass is 208 g/mol. The molecule has 43 valence electrons. The van der Waals surface area contributed by atoms with Crippen molar-refractivity contribution in [2.75, 3.05) is 6.26 Å². The standard InChI is InChI=1S/C2H5S4.V/c1-3-5-6-4-2;/h1H2,2H3;/q-1;. The molecule has 0 unspecified atom stereocenters. The second kappa shape index (κ2) is 10.9. The maximum atomic E-state index is 3.57. The zero-order valence-electron chi connectivity index (χ0n) is 3.79. The third kappa shape index (κ3) is 11.5. The van der Waals surface area contributed by atoms with Crippen LogP contribution in [0, 0.1) is 6.26 Å². The molecule has 0 bridgehead atoms. The molecule has 0 N–H and O–H groups in total. The average molecular weight is 208 g/mol. The third-order valence-electron chi connectivity index (χ3n) is 0.144. The van der Waals surface area contributed by atoms with Crippen LogP contribution in [0.5, 0.6) is 0 Å². The molecule has 0 aliphatic carbocycles. The van der Waals surface area contributed by atoms with E-state index in [1.54, 1.807) is 30.4 Å². The smallest absolute Gasteiger partial charge is 0 e. The van der Waals surface area contributed by atoms with Gasteiger partial charge in [-0.05, 0) is 25.9 Å². The van der Waals surface area contributed by atoms with E-state index in [9.17, 15) is 0 Å². The summed E-state index contributed by atoms with van der Waals surface area (Å²) in [6, 6.07) is 0. The summed E-state index contributed by atoms with van der Waals surface area (Å²) < 4.78 is 0. The molecule has 0 amide bonds. The van der Waals surface area contributed by atoms with Crippen molar-refractivity contribution in [2.45, 2.75) is 0 Å². The van der Waals surface area contributed by atoms with Gasteiger partial charge in [-0.15, -0.1) is 0 Å². The van der Waals surface area contributed by atoms with Gasteiger partial charge in [0.15, 0.2) is 0 Å². The van der Waals surface area contributed by atoms with E-state index >= 15 is 0 Å². The Balaban J connectivity index is 0. The minimum absolute atomic E-state index is 0. The fourth-order valence-corrected chi connectivity index (χ4v) is 3.84. The Morgan fingerprint density at radius 2 is 1.86 bits per heavy atom. The van der Waals surface area contributed by atoms with Crippen LogP contribution in [-0.2, 0) is 18.6 Å². The summed E-state index contributed by atoms with van der Waals surface area (Å²) in [6.45, 7) is 0. The first-order valence-corrected chi connectivity index (χ1v) is 6.59. The molecule has 0 aromatic heterocycles. The van der Waals surface area contributed by atoms with Gasteiger partial charge in [-0.3, -0.25) is 17.0 Å². The van der Waals surface area contributed by atoms with E-state index in [1.165, 1.54) is 10.8 Å². The molecule has 5 heteroatoms. The predicted octanol–water partition coefficient (Wildman–Crippen LogP) is 3.08. The van der Waals surface area contributed by atoms with Crippen molar-refractivity contribution in [1.29, 1.82) is 0 Å². The Kier molecular flexibility index (Phi) is 18.2. The van der Waals surface area contributed by atoms with Crippen LogP contribution in [0.1, 0.15) is 0 Å². The summed E-state index contributed by atoms with van der Waals surface area (Å²) in [4.78, 5) is 0. The molecule has 0 aromatic rings. The molecule has 0 nitrogen and oxygen atoms in total. The van der Waals surface area contributed by atoms with E-state index in [1.807, 2.05) is 6.26 Å². The SMILES string of the molecule is [CH2-]SSSSC.[V]. The van der Waals surface area contributed by atoms with Gasteiger partial charge in [-0.25, -0.2) is 0 Å². The van der Waals surface area contributed by atoms with Crippen LogP contribution in [0.4, 0.5) is 0 Å². The van der Waals surface area contributed by atoms with Crippen molar-refractivity contribution >= 4 is 41.2 Å². The van der Waals surface area contributed by atoms with Gasteiger partial charge in [0.05, 0.1) is 0 Å². The van der Waals surface area contributed by atoms with E-state index in [0.29, 0.717) is 0 Å². The van der Waals surface area contributed by atoms with Crippen molar-refractivity contribution in [3.05, 3.63) is 6.26 Å². The summed E-state index contributed by atoms with van der Waals surface area (Å²) in [6.07, 6.45) is 5.62. The van der Waals surface area contributed by atoms with Crippen molar-refractivity contribution in [2.24, 2.45) is 0 Å². The molecule has 0 fully saturated rings. The second-order valence-corrected chi connectivity index (χ2v) is 6.23. The molecule has 7 heavy (non-hydrogen) atoms. The van der Waals surface area contributed by atoms with Crippen molar-refractivity contribution in [3.63, 3.8) is 0 Å². The molecular formula is C2H5S4V-. The van der Waals surface area contributed by atoms with Gasteiger partial charge < -0.3 is 0 Å². The van der Waals surface area contributed by atoms with E-state index in [4.69, 9.17) is 0 Å². The number of hydrogen-bond donors (Lipinski definition) is 0. The molecule has 0 aliphatic rings. The van der Waals surface area contributed by atoms with E-state index in [0.717, 1.165) is 0 Å². The zero-order chi connectivity index (χ0) is 4.83. The summed E-state index contributed by atoms with van der Waals surface area (Å²) >= 11 is 0. The Labute approximate surface area is 71.8 Å². The molecule has 0 atom stereocenters. The van der Waals surface area contributed by atoms with Gasteiger partial charge in [-0.2, -0.15) is 0 Å². The van der Waals surface area contributed by atoms with E-state index < -0.39 is 0 Å². The van der Waals surface area contributed by atoms with Crippen LogP contribution >= 0.6 is 41.2 Å². The zero-order valence-corrected chi connectivity index (χ0v) is 8.45. The fourth-order valence-electron chi connectivity index (χ4n) is 0.0474. The first kappa shape index (κ1) is 11.7. The first-order chi connectivity index (χ1) is 2.91.